The average Bonchev–Trinajstić information content (AvgIpc) is 2.57. The number of nitrogens with zero attached hydrogens (tertiary/aromatic N) is 1. The summed E-state index contributed by atoms with van der Waals surface area (Å²) in [7, 11) is 0. The Kier molecular flexibility index (Phi) is 6.17. The Labute approximate surface area is 136 Å². The fourth-order valence-corrected chi connectivity index (χ4v) is 2.55. The molecular weight excluding hydrogens is 294 g/mol. The molecule has 1 fully saturated rings. The minimum Gasteiger partial charge on any atom is -0.445 e. The molecular formula is C17H23N3O3. The third-order valence-electron chi connectivity index (χ3n) is 3.79. The molecule has 0 spiro atoms. The van der Waals surface area contributed by atoms with Crippen LogP contribution in [0.5, 0.6) is 0 Å². The molecule has 1 aromatic rings. The highest BCUT2D eigenvalue weighted by molar-refractivity contribution is 5.86. The highest BCUT2D eigenvalue weighted by atomic mass is 16.5. The van der Waals surface area contributed by atoms with Crippen molar-refractivity contribution in [3.63, 3.8) is 0 Å². The zero-order chi connectivity index (χ0) is 16.7. The summed E-state index contributed by atoms with van der Waals surface area (Å²) in [6, 6.07) is 7.36. The maximum Gasteiger partial charge on any atom is 0.408 e. The van der Waals surface area contributed by atoms with Crippen molar-refractivity contribution < 1.29 is 14.3 Å². The van der Waals surface area contributed by atoms with Gasteiger partial charge in [-0.05, 0) is 24.0 Å². The van der Waals surface area contributed by atoms with Crippen molar-refractivity contribution >= 4 is 12.0 Å². The Morgan fingerprint density at radius 1 is 1.39 bits per heavy atom. The van der Waals surface area contributed by atoms with Crippen LogP contribution in [0, 0.1) is 0 Å². The van der Waals surface area contributed by atoms with Gasteiger partial charge in [-0.15, -0.1) is 0 Å². The minimum absolute atomic E-state index is 0.0743. The molecule has 6 nitrogen and oxygen atoms in total. The summed E-state index contributed by atoms with van der Waals surface area (Å²) in [5.41, 5.74) is 7.69. The van der Waals surface area contributed by atoms with E-state index >= 15 is 0 Å². The normalized spacial score (nSPS) is 17.7. The third-order valence-corrected chi connectivity index (χ3v) is 3.79. The van der Waals surface area contributed by atoms with Crippen molar-refractivity contribution in [1.29, 1.82) is 0 Å². The molecule has 2 amide bonds. The lowest BCUT2D eigenvalue weighted by Gasteiger charge is -2.32. The third kappa shape index (κ3) is 4.82. The smallest absolute Gasteiger partial charge is 0.408 e. The van der Waals surface area contributed by atoms with Gasteiger partial charge in [-0.2, -0.15) is 0 Å². The van der Waals surface area contributed by atoms with Crippen LogP contribution in [0.2, 0.25) is 0 Å². The van der Waals surface area contributed by atoms with Crippen molar-refractivity contribution in [2.75, 3.05) is 13.2 Å². The zero-order valence-corrected chi connectivity index (χ0v) is 13.2. The molecule has 1 unspecified atom stereocenters. The lowest BCUT2D eigenvalue weighted by Crippen LogP contribution is -2.52. The van der Waals surface area contributed by atoms with Crippen molar-refractivity contribution in [3.8, 4) is 0 Å². The lowest BCUT2D eigenvalue weighted by molar-refractivity contribution is -0.136. The summed E-state index contributed by atoms with van der Waals surface area (Å²) in [6.45, 7) is 5.33. The van der Waals surface area contributed by atoms with Gasteiger partial charge in [0, 0.05) is 19.6 Å². The second kappa shape index (κ2) is 8.33. The van der Waals surface area contributed by atoms with Gasteiger partial charge in [0.1, 0.15) is 12.6 Å². The minimum atomic E-state index is -0.586. The maximum absolute atomic E-state index is 12.5. The second-order valence-corrected chi connectivity index (χ2v) is 5.51. The number of hydrogen-bond donors (Lipinski definition) is 2. The van der Waals surface area contributed by atoms with Gasteiger partial charge in [0.2, 0.25) is 5.91 Å². The Morgan fingerprint density at radius 2 is 2.09 bits per heavy atom. The summed E-state index contributed by atoms with van der Waals surface area (Å²) in [4.78, 5) is 25.8. The summed E-state index contributed by atoms with van der Waals surface area (Å²) in [5, 5.41) is 2.62. The molecule has 0 radical (unpaired) electrons. The SMILES string of the molecule is C=CCOC(=O)NC1CCCN(Cc2ccc(CN)cc2)C1=O. The van der Waals surface area contributed by atoms with Gasteiger partial charge in [0.25, 0.3) is 0 Å². The number of nitrogens with one attached hydrogen (secondary N) is 1. The molecule has 0 bridgehead atoms. The van der Waals surface area contributed by atoms with Crippen molar-refractivity contribution in [1.82, 2.24) is 10.2 Å². The van der Waals surface area contributed by atoms with E-state index in [1.165, 1.54) is 6.08 Å². The van der Waals surface area contributed by atoms with E-state index < -0.39 is 12.1 Å². The number of ether oxygens (including phenoxy) is 1. The standard InChI is InChI=1S/C17H23N3O3/c1-2-10-23-17(22)19-15-4-3-9-20(16(15)21)12-14-7-5-13(11-18)6-8-14/h2,5-8,15H,1,3-4,9-12,18H2,(H,19,22). The van der Waals surface area contributed by atoms with Gasteiger partial charge in [0.15, 0.2) is 0 Å². The molecule has 1 aromatic carbocycles. The molecule has 0 saturated carbocycles. The number of carbonyl (C=O) groups is 2. The molecule has 1 saturated heterocycles. The van der Waals surface area contributed by atoms with Crippen molar-refractivity contribution in [2.24, 2.45) is 5.73 Å². The fraction of sp³-hybridized carbons (Fsp3) is 0.412. The van der Waals surface area contributed by atoms with Crippen LogP contribution in [0.3, 0.4) is 0 Å². The molecule has 0 aliphatic carbocycles. The highest BCUT2D eigenvalue weighted by Gasteiger charge is 2.30. The van der Waals surface area contributed by atoms with E-state index in [1.54, 1.807) is 4.90 Å². The van der Waals surface area contributed by atoms with E-state index in [1.807, 2.05) is 24.3 Å². The summed E-state index contributed by atoms with van der Waals surface area (Å²) in [6.07, 6.45) is 2.38. The number of hydrogen-bond acceptors (Lipinski definition) is 4. The number of amides is 2. The molecule has 1 heterocycles. The first kappa shape index (κ1) is 17.0. The van der Waals surface area contributed by atoms with Gasteiger partial charge < -0.3 is 20.7 Å². The van der Waals surface area contributed by atoms with Crippen LogP contribution in [-0.2, 0) is 22.6 Å². The van der Waals surface area contributed by atoms with E-state index in [0.717, 1.165) is 17.5 Å². The van der Waals surface area contributed by atoms with Crippen LogP contribution < -0.4 is 11.1 Å². The zero-order valence-electron chi connectivity index (χ0n) is 13.2. The summed E-state index contributed by atoms with van der Waals surface area (Å²) in [5.74, 6) is -0.0743. The van der Waals surface area contributed by atoms with E-state index in [2.05, 4.69) is 11.9 Å². The highest BCUT2D eigenvalue weighted by Crippen LogP contribution is 2.16. The molecule has 2 rings (SSSR count). The predicted molar refractivity (Wildman–Crippen MR) is 87.5 cm³/mol. The molecule has 0 aromatic heterocycles. The summed E-state index contributed by atoms with van der Waals surface area (Å²) < 4.78 is 4.87. The molecule has 1 aliphatic rings. The van der Waals surface area contributed by atoms with Gasteiger partial charge in [-0.25, -0.2) is 4.79 Å². The molecule has 23 heavy (non-hydrogen) atoms. The summed E-state index contributed by atoms with van der Waals surface area (Å²) >= 11 is 0. The van der Waals surface area contributed by atoms with Crippen LogP contribution >= 0.6 is 0 Å². The fourth-order valence-electron chi connectivity index (χ4n) is 2.55. The average molecular weight is 317 g/mol. The molecule has 124 valence electrons. The molecule has 6 heteroatoms. The van der Waals surface area contributed by atoms with Gasteiger partial charge in [-0.1, -0.05) is 36.9 Å². The number of likely N-dealkylation sites (tertiary alicyclic amines) is 1. The first-order valence-corrected chi connectivity index (χ1v) is 7.75. The Bertz CT molecular complexity index is 557. The van der Waals surface area contributed by atoms with Crippen LogP contribution in [0.4, 0.5) is 4.79 Å². The van der Waals surface area contributed by atoms with Crippen LogP contribution in [0.25, 0.3) is 0 Å². The maximum atomic E-state index is 12.5. The number of piperidine rings is 1. The number of benzene rings is 1. The lowest BCUT2D eigenvalue weighted by atomic mass is 10.0. The Morgan fingerprint density at radius 3 is 2.74 bits per heavy atom. The quantitative estimate of drug-likeness (QED) is 0.780. The van der Waals surface area contributed by atoms with Crippen LogP contribution in [0.1, 0.15) is 24.0 Å². The van der Waals surface area contributed by atoms with E-state index in [-0.39, 0.29) is 12.5 Å². The Hall–Kier alpha value is -2.34. The number of nitrogens with two attached hydrogens (primary N) is 1. The Balaban J connectivity index is 1.93. The van der Waals surface area contributed by atoms with Crippen molar-refractivity contribution in [3.05, 3.63) is 48.0 Å². The van der Waals surface area contributed by atoms with E-state index in [4.69, 9.17) is 10.5 Å². The number of alkyl carbamates (subject to hydrolysis) is 1. The van der Waals surface area contributed by atoms with Gasteiger partial charge in [0.05, 0.1) is 0 Å². The van der Waals surface area contributed by atoms with Gasteiger partial charge in [-0.3, -0.25) is 4.79 Å². The van der Waals surface area contributed by atoms with Crippen LogP contribution in [0.15, 0.2) is 36.9 Å². The number of rotatable bonds is 6. The first-order chi connectivity index (χ1) is 11.1. The monoisotopic (exact) mass is 317 g/mol. The van der Waals surface area contributed by atoms with Gasteiger partial charge >= 0.3 is 6.09 Å². The van der Waals surface area contributed by atoms with E-state index in [0.29, 0.717) is 26.1 Å². The predicted octanol–water partition coefficient (Wildman–Crippen LogP) is 1.55. The molecule has 1 atom stereocenters. The number of carbonyl (C=O) groups excluding carboxylic acids is 2. The topological polar surface area (TPSA) is 84.7 Å². The molecule has 3 N–H and O–H groups in total. The van der Waals surface area contributed by atoms with Crippen molar-refractivity contribution in [2.45, 2.75) is 32.0 Å². The first-order valence-electron chi connectivity index (χ1n) is 7.75. The molecule has 1 aliphatic heterocycles. The second-order valence-electron chi connectivity index (χ2n) is 5.51. The largest absolute Gasteiger partial charge is 0.445 e. The van der Waals surface area contributed by atoms with E-state index in [9.17, 15) is 9.59 Å². The van der Waals surface area contributed by atoms with Crippen LogP contribution in [-0.4, -0.2) is 36.1 Å².